The molecule has 186 valence electrons. The molecule has 0 aliphatic carbocycles. The predicted molar refractivity (Wildman–Crippen MR) is 145 cm³/mol. The van der Waals surface area contributed by atoms with E-state index in [-0.39, 0.29) is 11.6 Å². The molecule has 1 aliphatic heterocycles. The number of hydrogen-bond acceptors (Lipinski definition) is 4. The maximum atomic E-state index is 13.8. The van der Waals surface area contributed by atoms with Gasteiger partial charge in [0.2, 0.25) is 0 Å². The van der Waals surface area contributed by atoms with Crippen LogP contribution in [0.4, 0.5) is 4.39 Å². The van der Waals surface area contributed by atoms with Crippen LogP contribution >= 0.6 is 0 Å². The summed E-state index contributed by atoms with van der Waals surface area (Å²) in [6, 6.07) is 24.8. The monoisotopic (exact) mass is 502 g/mol. The van der Waals surface area contributed by atoms with Crippen LogP contribution in [-0.2, 0) is 9.08 Å². The molecule has 2 N–H and O–H groups in total. The van der Waals surface area contributed by atoms with Crippen LogP contribution in [0.2, 0.25) is 5.04 Å². The first-order valence-corrected chi connectivity index (χ1v) is 14.0. The molecule has 0 saturated heterocycles. The van der Waals surface area contributed by atoms with Crippen molar-refractivity contribution < 1.29 is 23.6 Å². The molecule has 0 radical (unpaired) electrons. The summed E-state index contributed by atoms with van der Waals surface area (Å²) in [4.78, 5) is 0. The van der Waals surface area contributed by atoms with E-state index in [1.165, 1.54) is 22.5 Å². The van der Waals surface area contributed by atoms with E-state index in [0.29, 0.717) is 23.0 Å². The van der Waals surface area contributed by atoms with Gasteiger partial charge in [0.25, 0.3) is 8.32 Å². The molecule has 4 rings (SSSR count). The van der Waals surface area contributed by atoms with Gasteiger partial charge >= 0.3 is 7.12 Å². The van der Waals surface area contributed by atoms with Gasteiger partial charge in [0.1, 0.15) is 0 Å². The number of phenolic OH excluding ortho intramolecular Hbond substituents is 1. The van der Waals surface area contributed by atoms with Crippen LogP contribution < -0.4 is 10.4 Å². The fourth-order valence-corrected chi connectivity index (χ4v) is 9.46. The largest absolute Gasteiger partial charge is 0.505 e. The van der Waals surface area contributed by atoms with Gasteiger partial charge in [-0.05, 0) is 50.6 Å². The molecule has 1 aliphatic rings. The van der Waals surface area contributed by atoms with Crippen LogP contribution in [0.25, 0.3) is 0 Å². The second kappa shape index (κ2) is 10.6. The second-order valence-electron chi connectivity index (χ2n) is 10.1. The molecule has 0 aromatic heterocycles. The number of benzene rings is 3. The van der Waals surface area contributed by atoms with Gasteiger partial charge in [0.05, 0.1) is 12.7 Å². The van der Waals surface area contributed by atoms with E-state index in [4.69, 9.17) is 9.08 Å². The summed E-state index contributed by atoms with van der Waals surface area (Å²) in [6.45, 7) is 11.1. The quantitative estimate of drug-likeness (QED) is 0.443. The van der Waals surface area contributed by atoms with Gasteiger partial charge in [0, 0.05) is 0 Å². The van der Waals surface area contributed by atoms with Crippen molar-refractivity contribution in [3.63, 3.8) is 0 Å². The summed E-state index contributed by atoms with van der Waals surface area (Å²) < 4.78 is 26.5. The first kappa shape index (κ1) is 26.1. The van der Waals surface area contributed by atoms with Crippen LogP contribution in [0.5, 0.6) is 5.75 Å². The zero-order valence-electron chi connectivity index (χ0n) is 20.9. The van der Waals surface area contributed by atoms with Crippen LogP contribution in [0.3, 0.4) is 0 Å². The molecular formula is C29H32BFO4Si. The Morgan fingerprint density at radius 1 is 1.06 bits per heavy atom. The number of hydrogen-bond donors (Lipinski definition) is 2. The molecule has 0 spiro atoms. The van der Waals surface area contributed by atoms with Crippen molar-refractivity contribution in [1.82, 2.24) is 0 Å². The summed E-state index contributed by atoms with van der Waals surface area (Å²) in [7, 11) is -3.96. The smallest absolute Gasteiger partial charge is 0.491 e. The molecule has 1 atom stereocenters. The second-order valence-corrected chi connectivity index (χ2v) is 14.4. The van der Waals surface area contributed by atoms with Gasteiger partial charge in [-0.3, -0.25) is 0 Å². The average molecular weight is 502 g/mol. The Hall–Kier alpha value is -2.97. The summed E-state index contributed by atoms with van der Waals surface area (Å²) in [5.41, 5.74) is 1.77. The Balaban J connectivity index is 1.60. The van der Waals surface area contributed by atoms with Gasteiger partial charge in [-0.2, -0.15) is 0 Å². The SMILES string of the molecule is C=C(CO[Si](c1ccccc1)(c1ccccc1)C(C)(C)C)C1=CCC(c2ccc(O)c(F)c2)OB1O. The van der Waals surface area contributed by atoms with Crippen molar-refractivity contribution in [3.8, 4) is 5.75 Å². The lowest BCUT2D eigenvalue weighted by atomic mass is 9.71. The van der Waals surface area contributed by atoms with Gasteiger partial charge < -0.3 is 19.2 Å². The third-order valence-electron chi connectivity index (χ3n) is 6.74. The van der Waals surface area contributed by atoms with Gasteiger partial charge in [-0.25, -0.2) is 4.39 Å². The lowest BCUT2D eigenvalue weighted by molar-refractivity contribution is 0.167. The van der Waals surface area contributed by atoms with Crippen molar-refractivity contribution in [2.75, 3.05) is 6.61 Å². The minimum Gasteiger partial charge on any atom is -0.505 e. The van der Waals surface area contributed by atoms with Gasteiger partial charge in [0.15, 0.2) is 11.6 Å². The van der Waals surface area contributed by atoms with Crippen molar-refractivity contribution in [2.45, 2.75) is 38.3 Å². The van der Waals surface area contributed by atoms with Crippen LogP contribution in [0.1, 0.15) is 38.9 Å². The molecule has 4 nitrogen and oxygen atoms in total. The lowest BCUT2D eigenvalue weighted by Gasteiger charge is -2.43. The molecule has 1 heterocycles. The number of aromatic hydroxyl groups is 1. The third kappa shape index (κ3) is 5.11. The Morgan fingerprint density at radius 2 is 1.64 bits per heavy atom. The van der Waals surface area contributed by atoms with E-state index < -0.39 is 33.1 Å². The van der Waals surface area contributed by atoms with Gasteiger partial charge in [-0.15, -0.1) is 0 Å². The highest BCUT2D eigenvalue weighted by Gasteiger charge is 2.50. The summed E-state index contributed by atoms with van der Waals surface area (Å²) in [6.07, 6.45) is 1.79. The predicted octanol–water partition coefficient (Wildman–Crippen LogP) is 5.07. The van der Waals surface area contributed by atoms with Gasteiger partial charge in [-0.1, -0.05) is 100 Å². The Bertz CT molecular complexity index is 1200. The van der Waals surface area contributed by atoms with Crippen LogP contribution in [0.15, 0.2) is 103 Å². The average Bonchev–Trinajstić information content (AvgIpc) is 2.86. The molecule has 7 heteroatoms. The summed E-state index contributed by atoms with van der Waals surface area (Å²) in [5.74, 6) is -1.14. The first-order valence-electron chi connectivity index (χ1n) is 12.1. The number of rotatable bonds is 7. The van der Waals surface area contributed by atoms with E-state index >= 15 is 0 Å². The highest BCUT2D eigenvalue weighted by molar-refractivity contribution is 6.99. The van der Waals surface area contributed by atoms with Crippen molar-refractivity contribution >= 4 is 25.8 Å². The maximum Gasteiger partial charge on any atom is 0.491 e. The van der Waals surface area contributed by atoms with E-state index in [1.807, 2.05) is 42.5 Å². The molecule has 36 heavy (non-hydrogen) atoms. The van der Waals surface area contributed by atoms with Crippen molar-refractivity contribution in [2.24, 2.45) is 0 Å². The molecule has 0 amide bonds. The molecular weight excluding hydrogens is 470 g/mol. The summed E-state index contributed by atoms with van der Waals surface area (Å²) >= 11 is 0. The zero-order chi connectivity index (χ0) is 25.9. The maximum absolute atomic E-state index is 13.8. The molecule has 3 aromatic rings. The Morgan fingerprint density at radius 3 is 2.14 bits per heavy atom. The zero-order valence-corrected chi connectivity index (χ0v) is 21.9. The number of phenols is 1. The van der Waals surface area contributed by atoms with Crippen LogP contribution in [0, 0.1) is 5.82 Å². The van der Waals surface area contributed by atoms with Crippen molar-refractivity contribution in [3.05, 3.63) is 114 Å². The molecule has 0 fully saturated rings. The molecule has 3 aromatic carbocycles. The number of halogens is 1. The van der Waals surface area contributed by atoms with E-state index in [1.54, 1.807) is 6.07 Å². The minimum atomic E-state index is -2.75. The fraction of sp³-hybridized carbons (Fsp3) is 0.241. The topological polar surface area (TPSA) is 58.9 Å². The van der Waals surface area contributed by atoms with E-state index in [9.17, 15) is 14.5 Å². The summed E-state index contributed by atoms with van der Waals surface area (Å²) in [5, 5.41) is 22.4. The minimum absolute atomic E-state index is 0.180. The van der Waals surface area contributed by atoms with E-state index in [2.05, 4.69) is 51.6 Å². The Kier molecular flexibility index (Phi) is 7.66. The Labute approximate surface area is 214 Å². The molecule has 0 saturated carbocycles. The highest BCUT2D eigenvalue weighted by Crippen LogP contribution is 2.38. The lowest BCUT2D eigenvalue weighted by Crippen LogP contribution is -2.66. The van der Waals surface area contributed by atoms with Crippen LogP contribution in [-0.4, -0.2) is 32.2 Å². The standard InChI is InChI=1S/C29H32BFO4Si/c1-21(25-16-18-28(35-30(25)33)22-15-17-27(32)26(31)19-22)20-34-36(29(2,3)4,23-11-7-5-8-12-23)24-13-9-6-10-14-24/h5-17,19,28,32-33H,1,18,20H2,2-4H3. The molecule has 0 bridgehead atoms. The fourth-order valence-electron chi connectivity index (χ4n) is 4.92. The highest BCUT2D eigenvalue weighted by atomic mass is 28.4. The third-order valence-corrected chi connectivity index (χ3v) is 11.7. The normalized spacial score (nSPS) is 16.5. The first-order chi connectivity index (χ1) is 17.1. The van der Waals surface area contributed by atoms with Crippen molar-refractivity contribution in [1.29, 1.82) is 0 Å². The van der Waals surface area contributed by atoms with E-state index in [0.717, 1.165) is 0 Å². The molecule has 1 unspecified atom stereocenters.